The fraction of sp³-hybridized carbons (Fsp3) is 0.423. The maximum atomic E-state index is 12.4. The first-order valence-electron chi connectivity index (χ1n) is 11.3. The molecule has 0 aromatic heterocycles. The summed E-state index contributed by atoms with van der Waals surface area (Å²) in [4.78, 5) is 35.5. The number of rotatable bonds is 11. The summed E-state index contributed by atoms with van der Waals surface area (Å²) in [7, 11) is 1.40. The minimum atomic E-state index is -0.992. The molecule has 1 atom stereocenters. The van der Waals surface area contributed by atoms with Crippen LogP contribution in [0.4, 0.5) is 4.79 Å². The Morgan fingerprint density at radius 3 is 2.15 bits per heavy atom. The third-order valence-corrected chi connectivity index (χ3v) is 5.96. The zero-order valence-corrected chi connectivity index (χ0v) is 19.8. The molecule has 0 heterocycles. The molecule has 0 spiro atoms. The van der Waals surface area contributed by atoms with Crippen LogP contribution in [-0.2, 0) is 19.1 Å². The van der Waals surface area contributed by atoms with E-state index >= 15 is 0 Å². The first-order valence-corrected chi connectivity index (χ1v) is 11.3. The lowest BCUT2D eigenvalue weighted by atomic mass is 9.89. The summed E-state index contributed by atoms with van der Waals surface area (Å²) in [6.07, 6.45) is -1.16. The Kier molecular flexibility index (Phi) is 8.28. The van der Waals surface area contributed by atoms with Gasteiger partial charge < -0.3 is 25.2 Å². The van der Waals surface area contributed by atoms with Crippen LogP contribution in [-0.4, -0.2) is 56.0 Å². The predicted molar refractivity (Wildman–Crippen MR) is 128 cm³/mol. The van der Waals surface area contributed by atoms with E-state index in [0.717, 1.165) is 11.1 Å². The molecule has 0 aliphatic heterocycles. The van der Waals surface area contributed by atoms with Crippen LogP contribution in [0.1, 0.15) is 43.7 Å². The van der Waals surface area contributed by atoms with Gasteiger partial charge in [0.1, 0.15) is 6.61 Å². The molecule has 34 heavy (non-hydrogen) atoms. The fourth-order valence-corrected chi connectivity index (χ4v) is 4.18. The number of carbonyl (C=O) groups is 3. The smallest absolute Gasteiger partial charge is 0.407 e. The molecule has 0 saturated carbocycles. The Hall–Kier alpha value is -3.39. The molecule has 1 aliphatic carbocycles. The van der Waals surface area contributed by atoms with Gasteiger partial charge >= 0.3 is 12.1 Å². The van der Waals surface area contributed by atoms with E-state index in [1.807, 2.05) is 38.1 Å². The number of methoxy groups -OCH3 is 1. The van der Waals surface area contributed by atoms with Gasteiger partial charge in [0.05, 0.1) is 12.5 Å². The molecular formula is C26H32N2O6. The molecule has 2 aromatic rings. The summed E-state index contributed by atoms with van der Waals surface area (Å²) >= 11 is 0. The lowest BCUT2D eigenvalue weighted by Crippen LogP contribution is -2.40. The average Bonchev–Trinajstić information content (AvgIpc) is 3.12. The van der Waals surface area contributed by atoms with Gasteiger partial charge in [-0.05, 0) is 27.7 Å². The topological polar surface area (TPSA) is 114 Å². The Balaban J connectivity index is 1.46. The van der Waals surface area contributed by atoms with Crippen LogP contribution in [0.15, 0.2) is 48.5 Å². The normalized spacial score (nSPS) is 13.5. The second kappa shape index (κ2) is 11.2. The number of carbonyl (C=O) groups excluding carboxylic acids is 2. The van der Waals surface area contributed by atoms with Gasteiger partial charge in [-0.25, -0.2) is 4.79 Å². The second-order valence-electron chi connectivity index (χ2n) is 9.28. The first kappa shape index (κ1) is 25.2. The fourth-order valence-electron chi connectivity index (χ4n) is 4.18. The van der Waals surface area contributed by atoms with Crippen molar-refractivity contribution in [3.8, 4) is 11.1 Å². The number of carboxylic acids is 1. The van der Waals surface area contributed by atoms with E-state index < -0.39 is 23.6 Å². The highest BCUT2D eigenvalue weighted by molar-refractivity contribution is 5.79. The number of fused-ring (bicyclic) bond motifs is 3. The summed E-state index contributed by atoms with van der Waals surface area (Å²) < 4.78 is 10.6. The summed E-state index contributed by atoms with van der Waals surface area (Å²) in [5, 5.41) is 14.3. The molecule has 0 saturated heterocycles. The quantitative estimate of drug-likeness (QED) is 0.465. The number of ether oxygens (including phenoxy) is 2. The van der Waals surface area contributed by atoms with E-state index in [-0.39, 0.29) is 44.4 Å². The predicted octanol–water partition coefficient (Wildman–Crippen LogP) is 3.55. The molecule has 0 fully saturated rings. The Morgan fingerprint density at radius 1 is 1.00 bits per heavy atom. The van der Waals surface area contributed by atoms with Gasteiger partial charge in [0.2, 0.25) is 5.91 Å². The molecule has 2 aromatic carbocycles. The number of aliphatic carboxylic acids is 1. The standard InChI is InChI=1S/C26H32N2O6/c1-26(2,13-23(29)27-14-17(33-3)12-24(30)31)16-28-25(32)34-15-22-20-10-6-4-8-18(20)19-9-5-7-11-21(19)22/h4-11,17,22H,12-16H2,1-3H3,(H,27,29)(H,28,32)(H,30,31). The van der Waals surface area contributed by atoms with E-state index in [0.29, 0.717) is 0 Å². The number of hydrogen-bond acceptors (Lipinski definition) is 5. The summed E-state index contributed by atoms with van der Waals surface area (Å²) in [5.74, 6) is -1.25. The molecule has 1 aliphatic rings. The number of benzene rings is 2. The van der Waals surface area contributed by atoms with Crippen LogP contribution in [0, 0.1) is 5.41 Å². The number of amides is 2. The highest BCUT2D eigenvalue weighted by atomic mass is 16.5. The summed E-state index contributed by atoms with van der Waals surface area (Å²) in [6, 6.07) is 16.3. The van der Waals surface area contributed by atoms with E-state index in [4.69, 9.17) is 14.6 Å². The van der Waals surface area contributed by atoms with Gasteiger partial charge in [0.15, 0.2) is 0 Å². The van der Waals surface area contributed by atoms with Crippen molar-refractivity contribution < 1.29 is 29.0 Å². The van der Waals surface area contributed by atoms with E-state index in [1.165, 1.54) is 18.2 Å². The van der Waals surface area contributed by atoms with Crippen LogP contribution < -0.4 is 10.6 Å². The third kappa shape index (κ3) is 6.57. The molecule has 0 bridgehead atoms. The minimum absolute atomic E-state index is 0.0172. The Bertz CT molecular complexity index is 990. The zero-order chi connectivity index (χ0) is 24.7. The number of alkyl carbamates (subject to hydrolysis) is 1. The molecule has 8 heteroatoms. The van der Waals surface area contributed by atoms with Gasteiger partial charge in [-0.15, -0.1) is 0 Å². The zero-order valence-electron chi connectivity index (χ0n) is 19.8. The molecular weight excluding hydrogens is 436 g/mol. The van der Waals surface area contributed by atoms with Crippen LogP contribution in [0.25, 0.3) is 11.1 Å². The van der Waals surface area contributed by atoms with Gasteiger partial charge in [0, 0.05) is 32.5 Å². The number of carboxylic acid groups (broad SMARTS) is 1. The molecule has 8 nitrogen and oxygen atoms in total. The van der Waals surface area contributed by atoms with Crippen LogP contribution in [0.5, 0.6) is 0 Å². The maximum absolute atomic E-state index is 12.4. The largest absolute Gasteiger partial charge is 0.481 e. The van der Waals surface area contributed by atoms with Crippen molar-refractivity contribution >= 4 is 18.0 Å². The van der Waals surface area contributed by atoms with Crippen molar-refractivity contribution in [1.29, 1.82) is 0 Å². The van der Waals surface area contributed by atoms with Gasteiger partial charge in [0.25, 0.3) is 0 Å². The minimum Gasteiger partial charge on any atom is -0.481 e. The van der Waals surface area contributed by atoms with Crippen molar-refractivity contribution in [2.75, 3.05) is 26.8 Å². The van der Waals surface area contributed by atoms with Gasteiger partial charge in [-0.1, -0.05) is 62.4 Å². The van der Waals surface area contributed by atoms with E-state index in [2.05, 4.69) is 34.9 Å². The van der Waals surface area contributed by atoms with Crippen LogP contribution in [0.3, 0.4) is 0 Å². The lowest BCUT2D eigenvalue weighted by molar-refractivity contribution is -0.140. The second-order valence-corrected chi connectivity index (χ2v) is 9.28. The third-order valence-electron chi connectivity index (χ3n) is 5.96. The molecule has 0 radical (unpaired) electrons. The highest BCUT2D eigenvalue weighted by Gasteiger charge is 2.29. The monoisotopic (exact) mass is 468 g/mol. The average molecular weight is 469 g/mol. The van der Waals surface area contributed by atoms with Crippen molar-refractivity contribution in [2.24, 2.45) is 5.41 Å². The molecule has 3 N–H and O–H groups in total. The number of nitrogens with one attached hydrogen (secondary N) is 2. The summed E-state index contributed by atoms with van der Waals surface area (Å²) in [6.45, 7) is 4.31. The molecule has 182 valence electrons. The SMILES string of the molecule is COC(CNC(=O)CC(C)(C)CNC(=O)OCC1c2ccccc2-c2ccccc21)CC(=O)O. The van der Waals surface area contributed by atoms with Crippen molar-refractivity contribution in [3.63, 3.8) is 0 Å². The first-order chi connectivity index (χ1) is 16.2. The summed E-state index contributed by atoms with van der Waals surface area (Å²) in [5.41, 5.74) is 4.10. The van der Waals surface area contributed by atoms with Crippen LogP contribution >= 0.6 is 0 Å². The molecule has 1 unspecified atom stereocenters. The van der Waals surface area contributed by atoms with Crippen molar-refractivity contribution in [3.05, 3.63) is 59.7 Å². The maximum Gasteiger partial charge on any atom is 0.407 e. The molecule has 2 amide bonds. The Labute approximate surface area is 199 Å². The van der Waals surface area contributed by atoms with Crippen LogP contribution in [0.2, 0.25) is 0 Å². The van der Waals surface area contributed by atoms with E-state index in [9.17, 15) is 14.4 Å². The Morgan fingerprint density at radius 2 is 1.59 bits per heavy atom. The van der Waals surface area contributed by atoms with Gasteiger partial charge in [-0.3, -0.25) is 9.59 Å². The van der Waals surface area contributed by atoms with E-state index in [1.54, 1.807) is 0 Å². The van der Waals surface area contributed by atoms with Crippen molar-refractivity contribution in [2.45, 2.75) is 38.7 Å². The lowest BCUT2D eigenvalue weighted by Gasteiger charge is -2.25. The number of hydrogen-bond donors (Lipinski definition) is 3. The van der Waals surface area contributed by atoms with Gasteiger partial charge in [-0.2, -0.15) is 0 Å². The van der Waals surface area contributed by atoms with Crippen molar-refractivity contribution in [1.82, 2.24) is 10.6 Å². The highest BCUT2D eigenvalue weighted by Crippen LogP contribution is 2.44. The molecule has 3 rings (SSSR count).